The van der Waals surface area contributed by atoms with Crippen molar-refractivity contribution in [1.29, 1.82) is 0 Å². The SMILES string of the molecule is CCn1c(S[C@@H](C)C(N)=O)nc2cc(S(N)(=O)=O)ccc21. The number of nitrogens with zero attached hydrogens (tertiary/aromatic N) is 2. The van der Waals surface area contributed by atoms with Crippen LogP contribution >= 0.6 is 11.8 Å². The minimum atomic E-state index is -3.77. The maximum Gasteiger partial charge on any atom is 0.238 e. The van der Waals surface area contributed by atoms with Crippen LogP contribution in [0.4, 0.5) is 0 Å². The number of imidazole rings is 1. The van der Waals surface area contributed by atoms with E-state index >= 15 is 0 Å². The van der Waals surface area contributed by atoms with Crippen LogP contribution in [0.3, 0.4) is 0 Å². The molecular weight excluding hydrogens is 312 g/mol. The van der Waals surface area contributed by atoms with Gasteiger partial charge in [-0.25, -0.2) is 18.5 Å². The highest BCUT2D eigenvalue weighted by atomic mass is 32.2. The second-order valence-electron chi connectivity index (χ2n) is 4.50. The number of aryl methyl sites for hydroxylation is 1. The first-order chi connectivity index (χ1) is 9.74. The van der Waals surface area contributed by atoms with E-state index in [1.165, 1.54) is 23.9 Å². The lowest BCUT2D eigenvalue weighted by molar-refractivity contribution is -0.117. The minimum absolute atomic E-state index is 0.00949. The van der Waals surface area contributed by atoms with Crippen molar-refractivity contribution in [2.45, 2.75) is 35.7 Å². The van der Waals surface area contributed by atoms with E-state index in [0.29, 0.717) is 17.2 Å². The van der Waals surface area contributed by atoms with Crippen LogP contribution in [-0.4, -0.2) is 29.1 Å². The van der Waals surface area contributed by atoms with Crippen LogP contribution in [-0.2, 0) is 21.4 Å². The Morgan fingerprint density at radius 2 is 2.14 bits per heavy atom. The number of carbonyl (C=O) groups is 1. The van der Waals surface area contributed by atoms with Crippen LogP contribution in [0.25, 0.3) is 11.0 Å². The van der Waals surface area contributed by atoms with Gasteiger partial charge in [0, 0.05) is 6.54 Å². The summed E-state index contributed by atoms with van der Waals surface area (Å²) in [5, 5.41) is 5.31. The number of primary sulfonamides is 1. The van der Waals surface area contributed by atoms with Gasteiger partial charge < -0.3 is 10.3 Å². The summed E-state index contributed by atoms with van der Waals surface area (Å²) in [6.07, 6.45) is 0. The maximum absolute atomic E-state index is 11.4. The average Bonchev–Trinajstić information content (AvgIpc) is 2.73. The molecule has 4 N–H and O–H groups in total. The van der Waals surface area contributed by atoms with Crippen molar-refractivity contribution >= 4 is 38.7 Å². The van der Waals surface area contributed by atoms with Gasteiger partial charge in [0.2, 0.25) is 15.9 Å². The number of fused-ring (bicyclic) bond motifs is 1. The second-order valence-corrected chi connectivity index (χ2v) is 7.37. The summed E-state index contributed by atoms with van der Waals surface area (Å²) in [6, 6.07) is 4.53. The Hall–Kier alpha value is -1.58. The Morgan fingerprint density at radius 3 is 2.67 bits per heavy atom. The van der Waals surface area contributed by atoms with Crippen molar-refractivity contribution in [3.05, 3.63) is 18.2 Å². The molecule has 2 rings (SSSR count). The molecule has 1 atom stereocenters. The number of sulfonamides is 1. The summed E-state index contributed by atoms with van der Waals surface area (Å²) in [7, 11) is -3.77. The normalized spacial score (nSPS) is 13.5. The zero-order valence-corrected chi connectivity index (χ0v) is 13.2. The number of primary amides is 1. The Morgan fingerprint density at radius 1 is 1.48 bits per heavy atom. The third kappa shape index (κ3) is 3.20. The standard InChI is InChI=1S/C12H16N4O3S2/c1-3-16-10-5-4-8(21(14,18)19)6-9(10)15-12(16)20-7(2)11(13)17/h4-7H,3H2,1-2H3,(H2,13,17)(H2,14,18,19)/t7-/m0/s1. The fraction of sp³-hybridized carbons (Fsp3) is 0.333. The molecule has 0 fully saturated rings. The summed E-state index contributed by atoms with van der Waals surface area (Å²) in [5.41, 5.74) is 6.56. The number of amides is 1. The zero-order chi connectivity index (χ0) is 15.8. The molecule has 9 heteroatoms. The van der Waals surface area contributed by atoms with Gasteiger partial charge in [0.25, 0.3) is 0 Å². The van der Waals surface area contributed by atoms with Crippen LogP contribution in [0, 0.1) is 0 Å². The fourth-order valence-electron chi connectivity index (χ4n) is 1.88. The van der Waals surface area contributed by atoms with Crippen molar-refractivity contribution in [2.24, 2.45) is 10.9 Å². The van der Waals surface area contributed by atoms with E-state index in [1.807, 2.05) is 11.5 Å². The van der Waals surface area contributed by atoms with E-state index in [-0.39, 0.29) is 4.90 Å². The Balaban J connectivity index is 2.55. The molecule has 0 saturated heterocycles. The Kier molecular flexibility index (Phi) is 4.26. The third-order valence-electron chi connectivity index (χ3n) is 3.01. The second kappa shape index (κ2) is 5.66. The molecule has 21 heavy (non-hydrogen) atoms. The summed E-state index contributed by atoms with van der Waals surface area (Å²) < 4.78 is 24.7. The highest BCUT2D eigenvalue weighted by Gasteiger charge is 2.18. The minimum Gasteiger partial charge on any atom is -0.369 e. The molecule has 1 heterocycles. The lowest BCUT2D eigenvalue weighted by Crippen LogP contribution is -2.23. The predicted octanol–water partition coefficient (Wildman–Crippen LogP) is 0.669. The van der Waals surface area contributed by atoms with Crippen LogP contribution < -0.4 is 10.9 Å². The summed E-state index contributed by atoms with van der Waals surface area (Å²) in [5.74, 6) is -0.431. The molecule has 2 aromatic rings. The topological polar surface area (TPSA) is 121 Å². The summed E-state index contributed by atoms with van der Waals surface area (Å²) in [4.78, 5) is 15.6. The monoisotopic (exact) mass is 328 g/mol. The average molecular weight is 328 g/mol. The van der Waals surface area contributed by atoms with Crippen molar-refractivity contribution in [1.82, 2.24) is 9.55 Å². The van der Waals surface area contributed by atoms with Gasteiger partial charge in [0.1, 0.15) is 0 Å². The maximum atomic E-state index is 11.4. The van der Waals surface area contributed by atoms with E-state index in [0.717, 1.165) is 5.52 Å². The molecule has 0 radical (unpaired) electrons. The molecule has 1 aromatic heterocycles. The van der Waals surface area contributed by atoms with E-state index in [2.05, 4.69) is 4.98 Å². The van der Waals surface area contributed by atoms with E-state index in [1.54, 1.807) is 13.0 Å². The first-order valence-corrected chi connectivity index (χ1v) is 8.65. The van der Waals surface area contributed by atoms with Crippen molar-refractivity contribution in [2.75, 3.05) is 0 Å². The van der Waals surface area contributed by atoms with Crippen molar-refractivity contribution in [3.8, 4) is 0 Å². The fourth-order valence-corrected chi connectivity index (χ4v) is 3.35. The lowest BCUT2D eigenvalue weighted by atomic mass is 10.3. The molecule has 0 aliphatic rings. The molecule has 0 saturated carbocycles. The number of carbonyl (C=O) groups excluding carboxylic acids is 1. The van der Waals surface area contributed by atoms with Gasteiger partial charge in [-0.15, -0.1) is 0 Å². The van der Waals surface area contributed by atoms with E-state index in [9.17, 15) is 13.2 Å². The van der Waals surface area contributed by atoms with Gasteiger partial charge in [-0.3, -0.25) is 4.79 Å². The number of nitrogens with two attached hydrogens (primary N) is 2. The quantitative estimate of drug-likeness (QED) is 0.781. The number of aromatic nitrogens is 2. The number of rotatable bonds is 5. The molecule has 114 valence electrons. The number of benzene rings is 1. The highest BCUT2D eigenvalue weighted by Crippen LogP contribution is 2.28. The molecule has 0 bridgehead atoms. The Labute approximate surface area is 126 Å². The largest absolute Gasteiger partial charge is 0.369 e. The number of hydrogen-bond donors (Lipinski definition) is 2. The van der Waals surface area contributed by atoms with Crippen LogP contribution in [0.15, 0.2) is 28.3 Å². The van der Waals surface area contributed by atoms with Crippen molar-refractivity contribution in [3.63, 3.8) is 0 Å². The number of thioether (sulfide) groups is 1. The van der Waals surface area contributed by atoms with Crippen LogP contribution in [0.1, 0.15) is 13.8 Å². The van der Waals surface area contributed by atoms with Gasteiger partial charge in [-0.1, -0.05) is 11.8 Å². The van der Waals surface area contributed by atoms with Crippen LogP contribution in [0.2, 0.25) is 0 Å². The first-order valence-electron chi connectivity index (χ1n) is 6.23. The van der Waals surface area contributed by atoms with Gasteiger partial charge in [-0.05, 0) is 32.0 Å². The van der Waals surface area contributed by atoms with Gasteiger partial charge in [0.05, 0.1) is 21.2 Å². The van der Waals surface area contributed by atoms with Crippen molar-refractivity contribution < 1.29 is 13.2 Å². The lowest BCUT2D eigenvalue weighted by Gasteiger charge is -2.08. The van der Waals surface area contributed by atoms with Gasteiger partial charge >= 0.3 is 0 Å². The number of hydrogen-bond acceptors (Lipinski definition) is 5. The molecule has 1 amide bonds. The van der Waals surface area contributed by atoms with E-state index < -0.39 is 21.2 Å². The molecule has 1 aromatic carbocycles. The molecule has 0 aliphatic heterocycles. The van der Waals surface area contributed by atoms with Gasteiger partial charge in [0.15, 0.2) is 5.16 Å². The molecule has 0 spiro atoms. The molecular formula is C12H16N4O3S2. The van der Waals surface area contributed by atoms with E-state index in [4.69, 9.17) is 10.9 Å². The smallest absolute Gasteiger partial charge is 0.238 e. The molecule has 7 nitrogen and oxygen atoms in total. The predicted molar refractivity (Wildman–Crippen MR) is 81.3 cm³/mol. The molecule has 0 unspecified atom stereocenters. The Bertz CT molecular complexity index is 798. The molecule has 0 aliphatic carbocycles. The highest BCUT2D eigenvalue weighted by molar-refractivity contribution is 8.00. The summed E-state index contributed by atoms with van der Waals surface area (Å²) >= 11 is 1.24. The first kappa shape index (κ1) is 15.8. The summed E-state index contributed by atoms with van der Waals surface area (Å²) in [6.45, 7) is 4.27. The van der Waals surface area contributed by atoms with Crippen LogP contribution in [0.5, 0.6) is 0 Å². The third-order valence-corrected chi connectivity index (χ3v) is 5.03. The van der Waals surface area contributed by atoms with Gasteiger partial charge in [-0.2, -0.15) is 0 Å². The zero-order valence-electron chi connectivity index (χ0n) is 11.6.